The molecule has 120 valence electrons. The fourth-order valence-corrected chi connectivity index (χ4v) is 2.82. The molecular formula is C18H30BrNO. The Labute approximate surface area is 138 Å². The number of halogens is 1. The predicted octanol–water partition coefficient (Wildman–Crippen LogP) is 5.57. The highest BCUT2D eigenvalue weighted by atomic mass is 79.9. The van der Waals surface area contributed by atoms with E-state index in [9.17, 15) is 0 Å². The van der Waals surface area contributed by atoms with Gasteiger partial charge >= 0.3 is 0 Å². The molecule has 2 atom stereocenters. The Bertz CT molecular complexity index is 439. The summed E-state index contributed by atoms with van der Waals surface area (Å²) in [4.78, 5) is 0. The summed E-state index contributed by atoms with van der Waals surface area (Å²) in [6, 6.07) is 6.79. The number of rotatable bonds is 7. The fraction of sp³-hybridized carbons (Fsp3) is 0.667. The van der Waals surface area contributed by atoms with Gasteiger partial charge in [0.25, 0.3) is 0 Å². The Balaban J connectivity index is 2.93. The molecule has 0 radical (unpaired) electrons. The van der Waals surface area contributed by atoms with Gasteiger partial charge in [-0.2, -0.15) is 0 Å². The summed E-state index contributed by atoms with van der Waals surface area (Å²) in [6.45, 7) is 12.6. The molecule has 0 aliphatic heterocycles. The van der Waals surface area contributed by atoms with Crippen molar-refractivity contribution in [1.29, 1.82) is 0 Å². The SMILES string of the molecule is CCCNC(CC(C)C(C)(C)C)c1ccc(OC)c(Br)c1. The molecule has 0 fully saturated rings. The van der Waals surface area contributed by atoms with Gasteiger partial charge < -0.3 is 10.1 Å². The highest BCUT2D eigenvalue weighted by Gasteiger charge is 2.24. The summed E-state index contributed by atoms with van der Waals surface area (Å²) in [6.07, 6.45) is 2.29. The second-order valence-corrected chi connectivity index (χ2v) is 7.76. The maximum Gasteiger partial charge on any atom is 0.133 e. The van der Waals surface area contributed by atoms with E-state index in [1.54, 1.807) is 7.11 Å². The maximum atomic E-state index is 5.33. The summed E-state index contributed by atoms with van der Waals surface area (Å²) in [7, 11) is 1.70. The van der Waals surface area contributed by atoms with Gasteiger partial charge in [0.05, 0.1) is 11.6 Å². The van der Waals surface area contributed by atoms with Crippen LogP contribution < -0.4 is 10.1 Å². The van der Waals surface area contributed by atoms with E-state index in [1.807, 2.05) is 6.07 Å². The predicted molar refractivity (Wildman–Crippen MR) is 95.0 cm³/mol. The first-order valence-electron chi connectivity index (χ1n) is 7.86. The summed E-state index contributed by atoms with van der Waals surface area (Å²) < 4.78 is 6.35. The molecule has 1 aromatic carbocycles. The molecule has 2 nitrogen and oxygen atoms in total. The van der Waals surface area contributed by atoms with Crippen LogP contribution in [0.3, 0.4) is 0 Å². The molecule has 3 heteroatoms. The van der Waals surface area contributed by atoms with Crippen LogP contribution in [0.15, 0.2) is 22.7 Å². The van der Waals surface area contributed by atoms with Crippen molar-refractivity contribution in [3.05, 3.63) is 28.2 Å². The van der Waals surface area contributed by atoms with Gasteiger partial charge in [-0.1, -0.05) is 40.7 Å². The zero-order chi connectivity index (χ0) is 16.0. The fourth-order valence-electron chi connectivity index (χ4n) is 2.26. The second kappa shape index (κ2) is 8.19. The summed E-state index contributed by atoms with van der Waals surface area (Å²) in [5.74, 6) is 1.53. The van der Waals surface area contributed by atoms with E-state index >= 15 is 0 Å². The number of benzene rings is 1. The lowest BCUT2D eigenvalue weighted by atomic mass is 9.77. The Morgan fingerprint density at radius 3 is 2.43 bits per heavy atom. The van der Waals surface area contributed by atoms with Gasteiger partial charge in [0.1, 0.15) is 5.75 Å². The van der Waals surface area contributed by atoms with Crippen molar-refractivity contribution in [3.63, 3.8) is 0 Å². The minimum Gasteiger partial charge on any atom is -0.496 e. The zero-order valence-electron chi connectivity index (χ0n) is 14.3. The maximum absolute atomic E-state index is 5.33. The molecule has 0 aliphatic rings. The molecule has 21 heavy (non-hydrogen) atoms. The summed E-state index contributed by atoms with van der Waals surface area (Å²) >= 11 is 3.60. The van der Waals surface area contributed by atoms with E-state index in [0.717, 1.165) is 29.6 Å². The van der Waals surface area contributed by atoms with Crippen LogP contribution in [-0.4, -0.2) is 13.7 Å². The topological polar surface area (TPSA) is 21.3 Å². The smallest absolute Gasteiger partial charge is 0.133 e. The molecule has 0 saturated carbocycles. The Morgan fingerprint density at radius 2 is 1.95 bits per heavy atom. The number of methoxy groups -OCH3 is 1. The second-order valence-electron chi connectivity index (χ2n) is 6.90. The van der Waals surface area contributed by atoms with Crippen LogP contribution in [-0.2, 0) is 0 Å². The minimum atomic E-state index is 0.329. The third-order valence-corrected chi connectivity index (χ3v) is 4.91. The van der Waals surface area contributed by atoms with Crippen molar-refractivity contribution in [3.8, 4) is 5.75 Å². The van der Waals surface area contributed by atoms with Gasteiger partial charge in [0.2, 0.25) is 0 Å². The molecule has 0 bridgehead atoms. The van der Waals surface area contributed by atoms with E-state index in [1.165, 1.54) is 5.56 Å². The van der Waals surface area contributed by atoms with E-state index < -0.39 is 0 Å². The van der Waals surface area contributed by atoms with Crippen LogP contribution in [0.1, 0.15) is 59.1 Å². The van der Waals surface area contributed by atoms with Crippen molar-refractivity contribution < 1.29 is 4.74 Å². The van der Waals surface area contributed by atoms with Gasteiger partial charge in [-0.25, -0.2) is 0 Å². The van der Waals surface area contributed by atoms with Gasteiger partial charge in [-0.3, -0.25) is 0 Å². The number of hydrogen-bond donors (Lipinski definition) is 1. The Morgan fingerprint density at radius 1 is 1.29 bits per heavy atom. The third-order valence-electron chi connectivity index (χ3n) is 4.29. The molecule has 1 rings (SSSR count). The summed E-state index contributed by atoms with van der Waals surface area (Å²) in [5.41, 5.74) is 1.66. The highest BCUT2D eigenvalue weighted by Crippen LogP contribution is 2.35. The molecular weight excluding hydrogens is 326 g/mol. The average molecular weight is 356 g/mol. The van der Waals surface area contributed by atoms with E-state index in [2.05, 4.69) is 68.0 Å². The standard InChI is InChI=1S/C18H30BrNO/c1-7-10-20-16(11-13(2)18(3,4)5)14-8-9-17(21-6)15(19)12-14/h8-9,12-13,16,20H,7,10-11H2,1-6H3. The van der Waals surface area contributed by atoms with Crippen LogP contribution in [0.4, 0.5) is 0 Å². The first-order valence-corrected chi connectivity index (χ1v) is 8.65. The molecule has 0 heterocycles. The molecule has 1 aromatic rings. The molecule has 1 N–H and O–H groups in total. The van der Waals surface area contributed by atoms with E-state index in [-0.39, 0.29) is 0 Å². The minimum absolute atomic E-state index is 0.329. The Kier molecular flexibility index (Phi) is 7.22. The molecule has 0 spiro atoms. The third kappa shape index (κ3) is 5.63. The largest absolute Gasteiger partial charge is 0.496 e. The molecule has 0 amide bonds. The van der Waals surface area contributed by atoms with E-state index in [4.69, 9.17) is 4.74 Å². The molecule has 0 aliphatic carbocycles. The normalized spacial score (nSPS) is 14.8. The number of hydrogen-bond acceptors (Lipinski definition) is 2. The van der Waals surface area contributed by atoms with Crippen LogP contribution in [0.25, 0.3) is 0 Å². The number of nitrogens with one attached hydrogen (secondary N) is 1. The quantitative estimate of drug-likeness (QED) is 0.689. The lowest BCUT2D eigenvalue weighted by Gasteiger charge is -2.31. The van der Waals surface area contributed by atoms with Crippen LogP contribution in [0, 0.1) is 11.3 Å². The van der Waals surface area contributed by atoms with Crippen LogP contribution in [0.2, 0.25) is 0 Å². The average Bonchev–Trinajstić information content (AvgIpc) is 2.42. The van der Waals surface area contributed by atoms with Gasteiger partial charge in [-0.05, 0) is 64.3 Å². The lowest BCUT2D eigenvalue weighted by Crippen LogP contribution is -2.28. The van der Waals surface area contributed by atoms with Gasteiger partial charge in [0.15, 0.2) is 0 Å². The summed E-state index contributed by atoms with van der Waals surface area (Å²) in [5, 5.41) is 3.69. The zero-order valence-corrected chi connectivity index (χ0v) is 15.9. The lowest BCUT2D eigenvalue weighted by molar-refractivity contribution is 0.223. The monoisotopic (exact) mass is 355 g/mol. The van der Waals surface area contributed by atoms with Crippen molar-refractivity contribution in [2.45, 2.75) is 53.5 Å². The van der Waals surface area contributed by atoms with Crippen molar-refractivity contribution in [1.82, 2.24) is 5.32 Å². The van der Waals surface area contributed by atoms with Gasteiger partial charge in [-0.15, -0.1) is 0 Å². The van der Waals surface area contributed by atoms with Crippen molar-refractivity contribution in [2.24, 2.45) is 11.3 Å². The van der Waals surface area contributed by atoms with E-state index in [0.29, 0.717) is 17.4 Å². The van der Waals surface area contributed by atoms with Crippen LogP contribution in [0.5, 0.6) is 5.75 Å². The Hall–Kier alpha value is -0.540. The van der Waals surface area contributed by atoms with Crippen LogP contribution >= 0.6 is 15.9 Å². The first-order chi connectivity index (χ1) is 9.79. The van der Waals surface area contributed by atoms with Crippen molar-refractivity contribution in [2.75, 3.05) is 13.7 Å². The van der Waals surface area contributed by atoms with Gasteiger partial charge in [0, 0.05) is 6.04 Å². The molecule has 0 aromatic heterocycles. The number of ether oxygens (including phenoxy) is 1. The molecule has 2 unspecified atom stereocenters. The first kappa shape index (κ1) is 18.5. The molecule has 0 saturated heterocycles. The van der Waals surface area contributed by atoms with Crippen molar-refractivity contribution >= 4 is 15.9 Å². The highest BCUT2D eigenvalue weighted by molar-refractivity contribution is 9.10.